The molecule has 23 heavy (non-hydrogen) atoms. The van der Waals surface area contributed by atoms with E-state index < -0.39 is 0 Å². The first-order valence-electron chi connectivity index (χ1n) is 7.86. The molecule has 2 aromatic rings. The van der Waals surface area contributed by atoms with Crippen LogP contribution in [0.5, 0.6) is 0 Å². The Labute approximate surface area is 138 Å². The molecule has 0 aliphatic rings. The first-order valence-corrected chi connectivity index (χ1v) is 7.86. The minimum Gasteiger partial charge on any atom is -0.380 e. The first kappa shape index (κ1) is 17.0. The molecule has 0 spiro atoms. The van der Waals surface area contributed by atoms with Crippen molar-refractivity contribution < 1.29 is 9.53 Å². The number of ether oxygens (including phenoxy) is 1. The molecule has 0 bridgehead atoms. The van der Waals surface area contributed by atoms with Gasteiger partial charge in [-0.1, -0.05) is 42.5 Å². The SMILES string of the molecule is CCN(CC(=O)NCc1cccc(COC)c1)c1ccccc1. The molecule has 1 amide bonds. The Bertz CT molecular complexity index is 614. The highest BCUT2D eigenvalue weighted by molar-refractivity contribution is 5.81. The molecule has 0 heterocycles. The van der Waals surface area contributed by atoms with Gasteiger partial charge in [0.2, 0.25) is 5.91 Å². The van der Waals surface area contributed by atoms with Crippen molar-refractivity contribution in [3.63, 3.8) is 0 Å². The predicted octanol–water partition coefficient (Wildman–Crippen LogP) is 2.98. The van der Waals surface area contributed by atoms with Crippen molar-refractivity contribution in [3.05, 3.63) is 65.7 Å². The Kier molecular flexibility index (Phi) is 6.63. The van der Waals surface area contributed by atoms with Gasteiger partial charge in [0.1, 0.15) is 0 Å². The van der Waals surface area contributed by atoms with Crippen LogP contribution in [0.1, 0.15) is 18.1 Å². The summed E-state index contributed by atoms with van der Waals surface area (Å²) in [4.78, 5) is 14.2. The molecule has 0 saturated heterocycles. The van der Waals surface area contributed by atoms with Crippen LogP contribution in [0, 0.1) is 0 Å². The summed E-state index contributed by atoms with van der Waals surface area (Å²) in [6.07, 6.45) is 0. The minimum absolute atomic E-state index is 0.0212. The number of methoxy groups -OCH3 is 1. The summed E-state index contributed by atoms with van der Waals surface area (Å²) in [5.74, 6) is 0.0212. The van der Waals surface area contributed by atoms with Crippen molar-refractivity contribution in [2.75, 3.05) is 25.1 Å². The van der Waals surface area contributed by atoms with Gasteiger partial charge in [0.15, 0.2) is 0 Å². The Morgan fingerprint density at radius 1 is 1.09 bits per heavy atom. The number of para-hydroxylation sites is 1. The highest BCUT2D eigenvalue weighted by Crippen LogP contribution is 2.12. The number of carbonyl (C=O) groups is 1. The number of carbonyl (C=O) groups excluding carboxylic acids is 1. The lowest BCUT2D eigenvalue weighted by Crippen LogP contribution is -2.36. The molecular weight excluding hydrogens is 288 g/mol. The van der Waals surface area contributed by atoms with Crippen molar-refractivity contribution in [2.45, 2.75) is 20.1 Å². The molecule has 2 rings (SSSR count). The molecule has 0 aromatic heterocycles. The second kappa shape index (κ2) is 8.96. The molecular formula is C19H24N2O2. The number of likely N-dealkylation sites (N-methyl/N-ethyl adjacent to an activating group) is 1. The van der Waals surface area contributed by atoms with E-state index in [4.69, 9.17) is 4.74 Å². The summed E-state index contributed by atoms with van der Waals surface area (Å²) in [6.45, 7) is 4.32. The summed E-state index contributed by atoms with van der Waals surface area (Å²) < 4.78 is 5.13. The Hall–Kier alpha value is -2.33. The quantitative estimate of drug-likeness (QED) is 0.815. The molecule has 0 aliphatic heterocycles. The van der Waals surface area contributed by atoms with E-state index >= 15 is 0 Å². The molecule has 4 heteroatoms. The number of rotatable bonds is 8. The molecule has 2 aromatic carbocycles. The number of amides is 1. The van der Waals surface area contributed by atoms with Crippen LogP contribution in [0.3, 0.4) is 0 Å². The molecule has 0 saturated carbocycles. The van der Waals surface area contributed by atoms with Gasteiger partial charge in [-0.15, -0.1) is 0 Å². The largest absolute Gasteiger partial charge is 0.380 e. The number of nitrogens with zero attached hydrogens (tertiary/aromatic N) is 1. The lowest BCUT2D eigenvalue weighted by atomic mass is 10.1. The lowest BCUT2D eigenvalue weighted by Gasteiger charge is -2.22. The maximum Gasteiger partial charge on any atom is 0.239 e. The summed E-state index contributed by atoms with van der Waals surface area (Å²) in [6, 6.07) is 18.0. The Balaban J connectivity index is 1.88. The van der Waals surface area contributed by atoms with Gasteiger partial charge >= 0.3 is 0 Å². The Morgan fingerprint density at radius 3 is 2.52 bits per heavy atom. The zero-order valence-electron chi connectivity index (χ0n) is 13.8. The van der Waals surface area contributed by atoms with Gasteiger partial charge < -0.3 is 15.0 Å². The summed E-state index contributed by atoms with van der Waals surface area (Å²) in [5, 5.41) is 2.98. The van der Waals surface area contributed by atoms with E-state index in [2.05, 4.69) is 23.2 Å². The zero-order chi connectivity index (χ0) is 16.5. The summed E-state index contributed by atoms with van der Waals surface area (Å²) >= 11 is 0. The van der Waals surface area contributed by atoms with Crippen LogP contribution < -0.4 is 10.2 Å². The van der Waals surface area contributed by atoms with E-state index in [-0.39, 0.29) is 5.91 Å². The highest BCUT2D eigenvalue weighted by Gasteiger charge is 2.09. The number of hydrogen-bond donors (Lipinski definition) is 1. The van der Waals surface area contributed by atoms with E-state index in [9.17, 15) is 4.79 Å². The van der Waals surface area contributed by atoms with Crippen molar-refractivity contribution in [2.24, 2.45) is 0 Å². The Morgan fingerprint density at radius 2 is 1.83 bits per heavy atom. The monoisotopic (exact) mass is 312 g/mol. The van der Waals surface area contributed by atoms with Crippen molar-refractivity contribution in [1.82, 2.24) is 5.32 Å². The first-order chi connectivity index (χ1) is 11.2. The maximum atomic E-state index is 12.2. The third-order valence-electron chi connectivity index (χ3n) is 3.63. The van der Waals surface area contributed by atoms with Crippen LogP contribution in [0.2, 0.25) is 0 Å². The van der Waals surface area contributed by atoms with Crippen molar-refractivity contribution in [1.29, 1.82) is 0 Å². The number of nitrogens with one attached hydrogen (secondary N) is 1. The van der Waals surface area contributed by atoms with Crippen molar-refractivity contribution in [3.8, 4) is 0 Å². The highest BCUT2D eigenvalue weighted by atomic mass is 16.5. The minimum atomic E-state index is 0.0212. The van der Waals surface area contributed by atoms with Gasteiger partial charge in [0.25, 0.3) is 0 Å². The second-order valence-electron chi connectivity index (χ2n) is 5.38. The number of hydrogen-bond acceptors (Lipinski definition) is 3. The predicted molar refractivity (Wildman–Crippen MR) is 93.3 cm³/mol. The van der Waals surface area contributed by atoms with Gasteiger partial charge in [0, 0.05) is 25.9 Å². The molecule has 1 N–H and O–H groups in total. The third-order valence-corrected chi connectivity index (χ3v) is 3.63. The normalized spacial score (nSPS) is 10.3. The standard InChI is InChI=1S/C19H24N2O2/c1-3-21(18-10-5-4-6-11-18)14-19(22)20-13-16-8-7-9-17(12-16)15-23-2/h4-12H,3,13-15H2,1-2H3,(H,20,22). The number of anilines is 1. The van der Waals surface area contributed by atoms with Gasteiger partial charge in [-0.05, 0) is 30.2 Å². The van der Waals surface area contributed by atoms with Gasteiger partial charge in [-0.3, -0.25) is 4.79 Å². The molecule has 0 unspecified atom stereocenters. The van der Waals surface area contributed by atoms with E-state index in [1.165, 1.54) is 0 Å². The second-order valence-corrected chi connectivity index (χ2v) is 5.38. The van der Waals surface area contributed by atoms with Crippen LogP contribution >= 0.6 is 0 Å². The van der Waals surface area contributed by atoms with E-state index in [1.807, 2.05) is 48.5 Å². The van der Waals surface area contributed by atoms with Crippen molar-refractivity contribution >= 4 is 11.6 Å². The molecule has 0 aliphatic carbocycles. The smallest absolute Gasteiger partial charge is 0.239 e. The average molecular weight is 312 g/mol. The average Bonchev–Trinajstić information content (AvgIpc) is 2.59. The molecule has 4 nitrogen and oxygen atoms in total. The fraction of sp³-hybridized carbons (Fsp3) is 0.316. The van der Waals surface area contributed by atoms with Crippen LogP contribution in [0.4, 0.5) is 5.69 Å². The molecule has 122 valence electrons. The van der Waals surface area contributed by atoms with Crippen LogP contribution in [0.25, 0.3) is 0 Å². The third kappa shape index (κ3) is 5.42. The van der Waals surface area contributed by atoms with Crippen LogP contribution in [-0.2, 0) is 22.7 Å². The molecule has 0 fully saturated rings. The zero-order valence-corrected chi connectivity index (χ0v) is 13.8. The van der Waals surface area contributed by atoms with Crippen LogP contribution in [-0.4, -0.2) is 26.1 Å². The van der Waals surface area contributed by atoms with Gasteiger partial charge in [-0.2, -0.15) is 0 Å². The fourth-order valence-corrected chi connectivity index (χ4v) is 2.45. The topological polar surface area (TPSA) is 41.6 Å². The maximum absolute atomic E-state index is 12.2. The molecule has 0 atom stereocenters. The van der Waals surface area contributed by atoms with E-state index in [0.717, 1.165) is 23.4 Å². The van der Waals surface area contributed by atoms with Gasteiger partial charge in [-0.25, -0.2) is 0 Å². The summed E-state index contributed by atoms with van der Waals surface area (Å²) in [5.41, 5.74) is 3.25. The van der Waals surface area contributed by atoms with Crippen LogP contribution in [0.15, 0.2) is 54.6 Å². The van der Waals surface area contributed by atoms with E-state index in [0.29, 0.717) is 19.7 Å². The van der Waals surface area contributed by atoms with E-state index in [1.54, 1.807) is 7.11 Å². The fourth-order valence-electron chi connectivity index (χ4n) is 2.45. The number of benzene rings is 2. The lowest BCUT2D eigenvalue weighted by molar-refractivity contribution is -0.119. The molecule has 0 radical (unpaired) electrons. The van der Waals surface area contributed by atoms with Gasteiger partial charge in [0.05, 0.1) is 13.2 Å². The summed E-state index contributed by atoms with van der Waals surface area (Å²) in [7, 11) is 1.68.